The molecular weight excluding hydrogens is 444 g/mol. The van der Waals surface area contributed by atoms with Gasteiger partial charge in [-0.1, -0.05) is 42.2 Å². The van der Waals surface area contributed by atoms with Crippen molar-refractivity contribution >= 4 is 49.7 Å². The third-order valence-electron chi connectivity index (χ3n) is 5.74. The highest BCUT2D eigenvalue weighted by Crippen LogP contribution is 2.31. The highest BCUT2D eigenvalue weighted by Gasteiger charge is 2.19. The van der Waals surface area contributed by atoms with E-state index >= 15 is 0 Å². The molecule has 4 heterocycles. The lowest BCUT2D eigenvalue weighted by molar-refractivity contribution is -0.116. The van der Waals surface area contributed by atoms with Crippen molar-refractivity contribution < 1.29 is 4.79 Å². The Bertz CT molecular complexity index is 1580. The lowest BCUT2D eigenvalue weighted by Gasteiger charge is -2.07. The number of thiophene rings is 1. The molecule has 0 saturated carbocycles. The fourth-order valence-electron chi connectivity index (χ4n) is 4.06. The van der Waals surface area contributed by atoms with E-state index in [2.05, 4.69) is 61.8 Å². The molecule has 34 heavy (non-hydrogen) atoms. The Morgan fingerprint density at radius 3 is 2.91 bits per heavy atom. The Morgan fingerprint density at radius 1 is 1.15 bits per heavy atom. The number of fused-ring (bicyclic) bond motifs is 2. The van der Waals surface area contributed by atoms with Crippen molar-refractivity contribution in [1.82, 2.24) is 25.1 Å². The van der Waals surface area contributed by atoms with Crippen molar-refractivity contribution in [3.05, 3.63) is 77.6 Å². The van der Waals surface area contributed by atoms with Gasteiger partial charge in [-0.05, 0) is 29.8 Å². The molecule has 0 bridgehead atoms. The van der Waals surface area contributed by atoms with Crippen LogP contribution in [0.5, 0.6) is 0 Å². The van der Waals surface area contributed by atoms with Crippen molar-refractivity contribution in [2.45, 2.75) is 19.0 Å². The average molecular weight is 465 g/mol. The minimum Gasteiger partial charge on any atom is -0.339 e. The van der Waals surface area contributed by atoms with Gasteiger partial charge in [0.25, 0.3) is 0 Å². The van der Waals surface area contributed by atoms with Gasteiger partial charge in [0.05, 0.1) is 45.9 Å². The molecule has 166 valence electrons. The van der Waals surface area contributed by atoms with Gasteiger partial charge in [0.2, 0.25) is 0 Å². The Kier molecular flexibility index (Phi) is 5.26. The van der Waals surface area contributed by atoms with Crippen LogP contribution in [0.3, 0.4) is 0 Å². The highest BCUT2D eigenvalue weighted by atomic mass is 32.1. The normalized spacial score (nSPS) is 15.5. The number of ketones is 1. The maximum Gasteiger partial charge on any atom is 0.151 e. The molecular formula is C26H20N6OS. The molecule has 2 N–H and O–H groups in total. The molecule has 1 fully saturated rings. The van der Waals surface area contributed by atoms with Crippen LogP contribution >= 0.6 is 11.3 Å². The number of nitrogens with one attached hydrogen (secondary N) is 2. The second kappa shape index (κ2) is 8.71. The molecule has 6 rings (SSSR count). The van der Waals surface area contributed by atoms with Gasteiger partial charge in [0.15, 0.2) is 5.82 Å². The van der Waals surface area contributed by atoms with E-state index in [9.17, 15) is 4.79 Å². The molecule has 2 aromatic carbocycles. The van der Waals surface area contributed by atoms with Crippen molar-refractivity contribution in [2.75, 3.05) is 11.9 Å². The van der Waals surface area contributed by atoms with Gasteiger partial charge in [0.1, 0.15) is 12.1 Å². The first kappa shape index (κ1) is 20.5. The van der Waals surface area contributed by atoms with Crippen LogP contribution in [0.4, 0.5) is 11.5 Å². The lowest BCUT2D eigenvalue weighted by Crippen LogP contribution is -2.18. The quantitative estimate of drug-likeness (QED) is 0.390. The summed E-state index contributed by atoms with van der Waals surface area (Å²) >= 11 is 1.55. The summed E-state index contributed by atoms with van der Waals surface area (Å²) < 4.78 is 2.95. The van der Waals surface area contributed by atoms with Crippen molar-refractivity contribution in [3.8, 4) is 11.8 Å². The summed E-state index contributed by atoms with van der Waals surface area (Å²) in [4.78, 5) is 21.2. The van der Waals surface area contributed by atoms with Crippen LogP contribution in [-0.4, -0.2) is 38.1 Å². The highest BCUT2D eigenvalue weighted by molar-refractivity contribution is 7.20. The van der Waals surface area contributed by atoms with Crippen LogP contribution in [0.1, 0.15) is 16.9 Å². The molecule has 0 amide bonds. The molecule has 3 aromatic heterocycles. The SMILES string of the molecule is O=C1CN[C@@H](C#Cc2cc3ncnc(Nc4ccc5c(cnn5Cc5ccccc5)c4)c3s2)C1. The number of hydrogen-bond acceptors (Lipinski definition) is 7. The molecule has 0 aliphatic carbocycles. The molecule has 1 aliphatic rings. The molecule has 5 aromatic rings. The van der Waals surface area contributed by atoms with Crippen molar-refractivity contribution in [1.29, 1.82) is 0 Å². The Hall–Kier alpha value is -4.06. The Balaban J connectivity index is 1.25. The van der Waals surface area contributed by atoms with E-state index < -0.39 is 0 Å². The number of rotatable bonds is 4. The molecule has 1 saturated heterocycles. The van der Waals surface area contributed by atoms with Crippen LogP contribution in [0, 0.1) is 11.8 Å². The lowest BCUT2D eigenvalue weighted by atomic mass is 10.2. The number of aromatic nitrogens is 4. The standard InChI is InChI=1S/C26H20N6OS/c33-21-11-19(27-14-21)6-8-22-12-23-25(34-22)26(29-16-28-23)31-20-7-9-24-18(10-20)13-30-32(24)15-17-4-2-1-3-5-17/h1-5,7,9-10,12-13,16,19,27H,11,14-15H2,(H,28,29,31)/t19-/m0/s1. The summed E-state index contributed by atoms with van der Waals surface area (Å²) in [5.74, 6) is 7.28. The molecule has 8 heteroatoms. The van der Waals surface area contributed by atoms with Crippen molar-refractivity contribution in [2.24, 2.45) is 0 Å². The fourth-order valence-corrected chi connectivity index (χ4v) is 4.98. The number of anilines is 2. The van der Waals surface area contributed by atoms with Gasteiger partial charge in [0, 0.05) is 17.5 Å². The predicted molar refractivity (Wildman–Crippen MR) is 134 cm³/mol. The molecule has 1 atom stereocenters. The zero-order valence-corrected chi connectivity index (χ0v) is 19.0. The van der Waals surface area contributed by atoms with E-state index in [1.165, 1.54) is 5.56 Å². The summed E-state index contributed by atoms with van der Waals surface area (Å²) in [5, 5.41) is 12.2. The first-order valence-electron chi connectivity index (χ1n) is 11.0. The number of benzene rings is 2. The minimum absolute atomic E-state index is 0.0732. The number of nitrogens with zero attached hydrogens (tertiary/aromatic N) is 4. The first-order valence-corrected chi connectivity index (χ1v) is 11.8. The first-order chi connectivity index (χ1) is 16.7. The van der Waals surface area contributed by atoms with Gasteiger partial charge < -0.3 is 5.32 Å². The average Bonchev–Trinajstić information content (AvgIpc) is 3.57. The smallest absolute Gasteiger partial charge is 0.151 e. The van der Waals surface area contributed by atoms with Gasteiger partial charge in [-0.15, -0.1) is 11.3 Å². The maximum absolute atomic E-state index is 11.4. The third kappa shape index (κ3) is 4.15. The van der Waals surface area contributed by atoms with Crippen LogP contribution in [0.25, 0.3) is 21.1 Å². The zero-order valence-electron chi connectivity index (χ0n) is 18.2. The zero-order chi connectivity index (χ0) is 22.9. The van der Waals surface area contributed by atoms with E-state index in [0.717, 1.165) is 44.0 Å². The second-order valence-electron chi connectivity index (χ2n) is 8.18. The maximum atomic E-state index is 11.4. The van der Waals surface area contributed by atoms with Gasteiger partial charge in [-0.25, -0.2) is 9.97 Å². The minimum atomic E-state index is -0.0732. The van der Waals surface area contributed by atoms with Crippen LogP contribution in [0.2, 0.25) is 0 Å². The van der Waals surface area contributed by atoms with Crippen LogP contribution in [-0.2, 0) is 11.3 Å². The van der Waals surface area contributed by atoms with Gasteiger partial charge in [-0.2, -0.15) is 5.10 Å². The van der Waals surface area contributed by atoms with Gasteiger partial charge >= 0.3 is 0 Å². The number of hydrogen-bond donors (Lipinski definition) is 2. The molecule has 0 unspecified atom stereocenters. The molecule has 1 aliphatic heterocycles. The van der Waals surface area contributed by atoms with Crippen molar-refractivity contribution in [3.63, 3.8) is 0 Å². The number of carbonyl (C=O) groups excluding carboxylic acids is 1. The number of carbonyl (C=O) groups is 1. The van der Waals surface area contributed by atoms with E-state index in [-0.39, 0.29) is 11.8 Å². The topological polar surface area (TPSA) is 84.7 Å². The van der Waals surface area contributed by atoms with E-state index in [1.807, 2.05) is 41.2 Å². The fraction of sp³-hybridized carbons (Fsp3) is 0.154. The second-order valence-corrected chi connectivity index (χ2v) is 9.23. The van der Waals surface area contributed by atoms with Crippen LogP contribution in [0.15, 0.2) is 67.1 Å². The Labute approximate surface area is 199 Å². The molecule has 0 radical (unpaired) electrons. The molecule has 7 nitrogen and oxygen atoms in total. The number of Topliss-reactive ketones (excluding diaryl/α,β-unsaturated/α-hetero) is 1. The van der Waals surface area contributed by atoms with E-state index in [0.29, 0.717) is 13.0 Å². The Morgan fingerprint density at radius 2 is 2.06 bits per heavy atom. The monoisotopic (exact) mass is 464 g/mol. The summed E-state index contributed by atoms with van der Waals surface area (Å²) in [7, 11) is 0. The summed E-state index contributed by atoms with van der Waals surface area (Å²) in [6.45, 7) is 1.13. The van der Waals surface area contributed by atoms with E-state index in [4.69, 9.17) is 0 Å². The predicted octanol–water partition coefficient (Wildman–Crippen LogP) is 4.12. The molecule has 0 spiro atoms. The largest absolute Gasteiger partial charge is 0.339 e. The van der Waals surface area contributed by atoms with E-state index in [1.54, 1.807) is 17.7 Å². The van der Waals surface area contributed by atoms with Crippen LogP contribution < -0.4 is 10.6 Å². The summed E-state index contributed by atoms with van der Waals surface area (Å²) in [5.41, 5.74) is 4.07. The summed E-state index contributed by atoms with van der Waals surface area (Å²) in [6, 6.07) is 18.4. The summed E-state index contributed by atoms with van der Waals surface area (Å²) in [6.07, 6.45) is 3.91. The third-order valence-corrected chi connectivity index (χ3v) is 6.78. The van der Waals surface area contributed by atoms with Gasteiger partial charge in [-0.3, -0.25) is 14.8 Å².